The molecule has 0 saturated heterocycles. The van der Waals surface area contributed by atoms with E-state index in [2.05, 4.69) is 4.99 Å². The van der Waals surface area contributed by atoms with E-state index < -0.39 is 17.1 Å². The molecule has 0 saturated carbocycles. The van der Waals surface area contributed by atoms with Gasteiger partial charge in [-0.3, -0.25) is 18.9 Å². The molecule has 1 aromatic heterocycles. The van der Waals surface area contributed by atoms with E-state index in [0.29, 0.717) is 0 Å². The van der Waals surface area contributed by atoms with Crippen molar-refractivity contribution in [3.63, 3.8) is 0 Å². The van der Waals surface area contributed by atoms with Gasteiger partial charge in [0.2, 0.25) is 5.88 Å². The Morgan fingerprint density at radius 2 is 1.78 bits per heavy atom. The maximum absolute atomic E-state index is 12.3. The Balaban J connectivity index is 2.62. The summed E-state index contributed by atoms with van der Waals surface area (Å²) in [4.78, 5) is 28.4. The first-order chi connectivity index (χ1) is 10.9. The van der Waals surface area contributed by atoms with Gasteiger partial charge >= 0.3 is 5.69 Å². The van der Waals surface area contributed by atoms with Crippen molar-refractivity contribution < 1.29 is 10.2 Å². The summed E-state index contributed by atoms with van der Waals surface area (Å²) in [5.74, 6) is -0.456. The van der Waals surface area contributed by atoms with E-state index in [1.165, 1.54) is 6.21 Å². The molecular weight excluding hydrogens is 298 g/mol. The predicted molar refractivity (Wildman–Crippen MR) is 88.1 cm³/mol. The maximum Gasteiger partial charge on any atom is 0.333 e. The number of aryl methyl sites for hydroxylation is 1. The van der Waals surface area contributed by atoms with Crippen molar-refractivity contribution in [2.75, 3.05) is 0 Å². The lowest BCUT2D eigenvalue weighted by atomic mass is 10.2. The molecule has 2 aromatic rings. The van der Waals surface area contributed by atoms with Gasteiger partial charge in [-0.25, -0.2) is 4.79 Å². The number of aromatic nitrogens is 2. The minimum Gasteiger partial charge on any atom is -0.506 e. The summed E-state index contributed by atoms with van der Waals surface area (Å²) < 4.78 is 2.13. The Morgan fingerprint density at radius 3 is 2.35 bits per heavy atom. The number of aliphatic imine (C=N–C) groups is 1. The van der Waals surface area contributed by atoms with E-state index in [-0.39, 0.29) is 30.1 Å². The monoisotopic (exact) mass is 317 g/mol. The summed E-state index contributed by atoms with van der Waals surface area (Å²) in [6.45, 7) is 5.61. The van der Waals surface area contributed by atoms with Crippen LogP contribution in [0.25, 0.3) is 0 Å². The quantitative estimate of drug-likeness (QED) is 0.836. The summed E-state index contributed by atoms with van der Waals surface area (Å²) in [7, 11) is 0. The van der Waals surface area contributed by atoms with Crippen molar-refractivity contribution in [3.8, 4) is 11.6 Å². The summed E-state index contributed by atoms with van der Waals surface area (Å²) in [6.07, 6.45) is 1.17. The average Bonchev–Trinajstić information content (AvgIpc) is 2.50. The zero-order valence-corrected chi connectivity index (χ0v) is 13.3. The standard InChI is InChI=1S/C16H19N3O4/c1-4-18-14(21)11(15(22)19(5-2)16(18)23)9-17-12-7-6-10(3)8-13(12)20/h6-9,20-21H,4-5H2,1-3H3. The summed E-state index contributed by atoms with van der Waals surface area (Å²) in [5, 5.41) is 20.0. The molecule has 0 bridgehead atoms. The lowest BCUT2D eigenvalue weighted by Crippen LogP contribution is -2.41. The van der Waals surface area contributed by atoms with Gasteiger partial charge in [-0.15, -0.1) is 0 Å². The molecule has 23 heavy (non-hydrogen) atoms. The Morgan fingerprint density at radius 1 is 1.13 bits per heavy atom. The number of rotatable bonds is 4. The van der Waals surface area contributed by atoms with Gasteiger partial charge in [-0.05, 0) is 38.5 Å². The average molecular weight is 317 g/mol. The lowest BCUT2D eigenvalue weighted by Gasteiger charge is -2.11. The van der Waals surface area contributed by atoms with Crippen molar-refractivity contribution in [1.29, 1.82) is 0 Å². The molecule has 0 atom stereocenters. The molecule has 0 amide bonds. The van der Waals surface area contributed by atoms with E-state index in [1.807, 2.05) is 6.92 Å². The van der Waals surface area contributed by atoms with E-state index in [1.54, 1.807) is 32.0 Å². The van der Waals surface area contributed by atoms with Gasteiger partial charge in [0.1, 0.15) is 17.0 Å². The van der Waals surface area contributed by atoms with Crippen LogP contribution in [0.3, 0.4) is 0 Å². The number of phenolic OH excluding ortho intramolecular Hbond substituents is 1. The molecule has 1 heterocycles. The summed E-state index contributed by atoms with van der Waals surface area (Å²) >= 11 is 0. The molecule has 2 N–H and O–H groups in total. The van der Waals surface area contributed by atoms with Crippen LogP contribution in [0.5, 0.6) is 11.6 Å². The molecular formula is C16H19N3O4. The highest BCUT2D eigenvalue weighted by Gasteiger charge is 2.15. The number of benzene rings is 1. The first-order valence-electron chi connectivity index (χ1n) is 7.31. The number of aromatic hydroxyl groups is 2. The van der Waals surface area contributed by atoms with Gasteiger partial charge in [-0.1, -0.05) is 6.07 Å². The van der Waals surface area contributed by atoms with Crippen LogP contribution in [0, 0.1) is 6.92 Å². The first kappa shape index (κ1) is 16.5. The van der Waals surface area contributed by atoms with Gasteiger partial charge in [0.05, 0.1) is 0 Å². The Hall–Kier alpha value is -2.83. The van der Waals surface area contributed by atoms with Gasteiger partial charge in [0, 0.05) is 19.3 Å². The second kappa shape index (κ2) is 6.51. The molecule has 2 rings (SSSR count). The second-order valence-electron chi connectivity index (χ2n) is 5.06. The zero-order chi connectivity index (χ0) is 17.1. The highest BCUT2D eigenvalue weighted by atomic mass is 16.3. The van der Waals surface area contributed by atoms with Gasteiger partial charge < -0.3 is 10.2 Å². The predicted octanol–water partition coefficient (Wildman–Crippen LogP) is 1.52. The van der Waals surface area contributed by atoms with E-state index in [0.717, 1.165) is 14.7 Å². The van der Waals surface area contributed by atoms with E-state index in [9.17, 15) is 19.8 Å². The van der Waals surface area contributed by atoms with Gasteiger partial charge in [0.15, 0.2) is 0 Å². The van der Waals surface area contributed by atoms with Crippen molar-refractivity contribution in [1.82, 2.24) is 9.13 Å². The third-order valence-electron chi connectivity index (χ3n) is 3.53. The minimum atomic E-state index is -0.616. The Bertz CT molecular complexity index is 878. The highest BCUT2D eigenvalue weighted by molar-refractivity contribution is 5.84. The molecule has 7 heteroatoms. The summed E-state index contributed by atoms with van der Waals surface area (Å²) in [6, 6.07) is 4.92. The normalized spacial score (nSPS) is 11.3. The van der Waals surface area contributed by atoms with Crippen molar-refractivity contribution in [2.45, 2.75) is 33.9 Å². The van der Waals surface area contributed by atoms with Crippen LogP contribution < -0.4 is 11.2 Å². The van der Waals surface area contributed by atoms with Crippen LogP contribution in [-0.4, -0.2) is 25.6 Å². The first-order valence-corrected chi connectivity index (χ1v) is 7.31. The third kappa shape index (κ3) is 3.03. The third-order valence-corrected chi connectivity index (χ3v) is 3.53. The minimum absolute atomic E-state index is 0.0274. The molecule has 0 fully saturated rings. The SMILES string of the molecule is CCn1c(O)c(C=Nc2ccc(C)cc2O)c(=O)n(CC)c1=O. The molecule has 1 aromatic carbocycles. The number of hydrogen-bond acceptors (Lipinski definition) is 5. The van der Waals surface area contributed by atoms with Crippen LogP contribution in [-0.2, 0) is 13.1 Å². The molecule has 0 aliphatic carbocycles. The Kier molecular flexibility index (Phi) is 4.68. The zero-order valence-electron chi connectivity index (χ0n) is 13.3. The molecule has 0 unspecified atom stereocenters. The Labute approximate surface area is 132 Å². The second-order valence-corrected chi connectivity index (χ2v) is 5.06. The molecule has 122 valence electrons. The fourth-order valence-electron chi connectivity index (χ4n) is 2.26. The molecule has 0 aliphatic rings. The fraction of sp³-hybridized carbons (Fsp3) is 0.312. The fourth-order valence-corrected chi connectivity index (χ4v) is 2.26. The van der Waals surface area contributed by atoms with E-state index in [4.69, 9.17) is 0 Å². The summed E-state index contributed by atoms with van der Waals surface area (Å²) in [5.41, 5.74) is -0.125. The smallest absolute Gasteiger partial charge is 0.333 e. The van der Waals surface area contributed by atoms with E-state index >= 15 is 0 Å². The largest absolute Gasteiger partial charge is 0.506 e. The van der Waals surface area contributed by atoms with Crippen molar-refractivity contribution >= 4 is 11.9 Å². The number of nitrogens with zero attached hydrogens (tertiary/aromatic N) is 3. The molecule has 0 aliphatic heterocycles. The van der Waals surface area contributed by atoms with Gasteiger partial charge in [-0.2, -0.15) is 0 Å². The van der Waals surface area contributed by atoms with Crippen LogP contribution in [0.2, 0.25) is 0 Å². The maximum atomic E-state index is 12.3. The van der Waals surface area contributed by atoms with Crippen LogP contribution >= 0.6 is 0 Å². The number of phenols is 1. The van der Waals surface area contributed by atoms with Crippen LogP contribution in [0.4, 0.5) is 5.69 Å². The molecule has 7 nitrogen and oxygen atoms in total. The van der Waals surface area contributed by atoms with Gasteiger partial charge in [0.25, 0.3) is 5.56 Å². The van der Waals surface area contributed by atoms with Crippen LogP contribution in [0.15, 0.2) is 32.8 Å². The van der Waals surface area contributed by atoms with Crippen molar-refractivity contribution in [2.24, 2.45) is 4.99 Å². The number of hydrogen-bond donors (Lipinski definition) is 2. The molecule has 0 radical (unpaired) electrons. The highest BCUT2D eigenvalue weighted by Crippen LogP contribution is 2.26. The van der Waals surface area contributed by atoms with Crippen molar-refractivity contribution in [3.05, 3.63) is 50.2 Å². The lowest BCUT2D eigenvalue weighted by molar-refractivity contribution is 0.394. The van der Waals surface area contributed by atoms with Crippen LogP contribution in [0.1, 0.15) is 25.0 Å². The molecule has 0 spiro atoms. The topological polar surface area (TPSA) is 96.8 Å².